The molecule has 1 aromatic carbocycles. The highest BCUT2D eigenvalue weighted by Crippen LogP contribution is 2.11. The standard InChI is InChI=1S/C20H31N5O.HI/c1-3-21-20(22-12-7-4-8-15-26-2)23-16-18-10-5-6-11-19(18)17-25-14-9-13-24-25;/h5-6,9-11,13-14H,3-4,7-8,12,15-17H2,1-2H3,(H2,21,22,23);1H. The number of benzene rings is 1. The number of methoxy groups -OCH3 is 1. The van der Waals surface area contributed by atoms with E-state index in [-0.39, 0.29) is 24.0 Å². The zero-order valence-corrected chi connectivity index (χ0v) is 18.7. The van der Waals surface area contributed by atoms with Gasteiger partial charge in [-0.05, 0) is 43.4 Å². The molecule has 0 amide bonds. The van der Waals surface area contributed by atoms with Gasteiger partial charge in [-0.25, -0.2) is 4.99 Å². The molecule has 27 heavy (non-hydrogen) atoms. The van der Waals surface area contributed by atoms with E-state index in [4.69, 9.17) is 9.73 Å². The molecule has 2 N–H and O–H groups in total. The molecule has 1 heterocycles. The summed E-state index contributed by atoms with van der Waals surface area (Å²) in [6.07, 6.45) is 7.17. The van der Waals surface area contributed by atoms with Crippen molar-refractivity contribution in [2.24, 2.45) is 4.99 Å². The molecule has 1 aromatic heterocycles. The van der Waals surface area contributed by atoms with Crippen molar-refractivity contribution in [2.45, 2.75) is 39.3 Å². The monoisotopic (exact) mass is 485 g/mol. The fraction of sp³-hybridized carbons (Fsp3) is 0.500. The second-order valence-corrected chi connectivity index (χ2v) is 6.15. The molecule has 0 aliphatic heterocycles. The van der Waals surface area contributed by atoms with Gasteiger partial charge in [0.2, 0.25) is 0 Å². The third-order valence-corrected chi connectivity index (χ3v) is 4.08. The van der Waals surface area contributed by atoms with Crippen molar-refractivity contribution in [3.8, 4) is 0 Å². The SMILES string of the molecule is CCNC(=NCc1ccccc1Cn1cccn1)NCCCCCOC.I. The first-order valence-electron chi connectivity index (χ1n) is 9.38. The predicted molar refractivity (Wildman–Crippen MR) is 122 cm³/mol. The minimum absolute atomic E-state index is 0. The van der Waals surface area contributed by atoms with Crippen LogP contribution in [-0.4, -0.2) is 42.5 Å². The van der Waals surface area contributed by atoms with Crippen molar-refractivity contribution in [3.63, 3.8) is 0 Å². The second kappa shape index (κ2) is 14.4. The first-order valence-corrected chi connectivity index (χ1v) is 9.38. The summed E-state index contributed by atoms with van der Waals surface area (Å²) < 4.78 is 7.02. The molecule has 0 aliphatic carbocycles. The molecule has 2 aromatic rings. The molecular weight excluding hydrogens is 453 g/mol. The first-order chi connectivity index (χ1) is 12.8. The van der Waals surface area contributed by atoms with Crippen LogP contribution in [0, 0.1) is 0 Å². The van der Waals surface area contributed by atoms with E-state index in [0.717, 1.165) is 51.5 Å². The van der Waals surface area contributed by atoms with Crippen LogP contribution in [0.5, 0.6) is 0 Å². The number of hydrogen-bond donors (Lipinski definition) is 2. The normalized spacial score (nSPS) is 11.1. The van der Waals surface area contributed by atoms with Gasteiger partial charge in [0.15, 0.2) is 5.96 Å². The van der Waals surface area contributed by atoms with Crippen molar-refractivity contribution in [1.29, 1.82) is 0 Å². The van der Waals surface area contributed by atoms with Gasteiger partial charge in [-0.3, -0.25) is 4.68 Å². The van der Waals surface area contributed by atoms with Gasteiger partial charge in [-0.15, -0.1) is 24.0 Å². The Kier molecular flexibility index (Phi) is 12.5. The molecule has 0 radical (unpaired) electrons. The number of ether oxygens (including phenoxy) is 1. The molecule has 0 saturated heterocycles. The van der Waals surface area contributed by atoms with Crippen LogP contribution in [0.4, 0.5) is 0 Å². The summed E-state index contributed by atoms with van der Waals surface area (Å²) in [5.74, 6) is 0.869. The number of nitrogens with one attached hydrogen (secondary N) is 2. The molecular formula is C20H32IN5O. The van der Waals surface area contributed by atoms with Crippen LogP contribution in [0.1, 0.15) is 37.3 Å². The maximum absolute atomic E-state index is 5.08. The van der Waals surface area contributed by atoms with Crippen molar-refractivity contribution < 1.29 is 4.74 Å². The third kappa shape index (κ3) is 9.23. The van der Waals surface area contributed by atoms with E-state index in [0.29, 0.717) is 6.54 Å². The summed E-state index contributed by atoms with van der Waals surface area (Å²) in [6.45, 7) is 6.11. The molecule has 150 valence electrons. The number of unbranched alkanes of at least 4 members (excludes halogenated alkanes) is 2. The highest BCUT2D eigenvalue weighted by Gasteiger charge is 2.04. The molecule has 2 rings (SSSR count). The highest BCUT2D eigenvalue weighted by molar-refractivity contribution is 14.0. The lowest BCUT2D eigenvalue weighted by atomic mass is 10.1. The second-order valence-electron chi connectivity index (χ2n) is 6.15. The van der Waals surface area contributed by atoms with Crippen molar-refractivity contribution in [2.75, 3.05) is 26.8 Å². The van der Waals surface area contributed by atoms with Crippen LogP contribution < -0.4 is 10.6 Å². The van der Waals surface area contributed by atoms with Crippen molar-refractivity contribution >= 4 is 29.9 Å². The van der Waals surface area contributed by atoms with Crippen LogP contribution in [0.15, 0.2) is 47.7 Å². The Morgan fingerprint density at radius 3 is 2.63 bits per heavy atom. The zero-order chi connectivity index (χ0) is 18.5. The van der Waals surface area contributed by atoms with Crippen LogP contribution in [-0.2, 0) is 17.8 Å². The Balaban J connectivity index is 0.00000364. The van der Waals surface area contributed by atoms with E-state index < -0.39 is 0 Å². The Bertz CT molecular complexity index is 646. The highest BCUT2D eigenvalue weighted by atomic mass is 127. The van der Waals surface area contributed by atoms with Gasteiger partial charge in [0, 0.05) is 39.2 Å². The van der Waals surface area contributed by atoms with Crippen LogP contribution >= 0.6 is 24.0 Å². The molecule has 0 aliphatic rings. The Labute approximate surface area is 179 Å². The molecule has 0 fully saturated rings. The lowest BCUT2D eigenvalue weighted by Gasteiger charge is -2.12. The minimum Gasteiger partial charge on any atom is -0.385 e. The summed E-state index contributed by atoms with van der Waals surface area (Å²) >= 11 is 0. The lowest BCUT2D eigenvalue weighted by molar-refractivity contribution is 0.192. The Hall–Kier alpha value is -1.61. The van der Waals surface area contributed by atoms with E-state index in [2.05, 4.69) is 46.9 Å². The third-order valence-electron chi connectivity index (χ3n) is 4.08. The smallest absolute Gasteiger partial charge is 0.191 e. The zero-order valence-electron chi connectivity index (χ0n) is 16.4. The number of guanidine groups is 1. The predicted octanol–water partition coefficient (Wildman–Crippen LogP) is 3.42. The van der Waals surface area contributed by atoms with Crippen LogP contribution in [0.3, 0.4) is 0 Å². The lowest BCUT2D eigenvalue weighted by Crippen LogP contribution is -2.37. The largest absolute Gasteiger partial charge is 0.385 e. The number of aromatic nitrogens is 2. The number of rotatable bonds is 11. The van der Waals surface area contributed by atoms with Crippen molar-refractivity contribution in [1.82, 2.24) is 20.4 Å². The number of halogens is 1. The van der Waals surface area contributed by atoms with E-state index >= 15 is 0 Å². The fourth-order valence-corrected chi connectivity index (χ4v) is 2.70. The average Bonchev–Trinajstić information content (AvgIpc) is 3.16. The number of hydrogen-bond acceptors (Lipinski definition) is 3. The molecule has 0 bridgehead atoms. The quantitative estimate of drug-likeness (QED) is 0.222. The molecule has 0 spiro atoms. The molecule has 6 nitrogen and oxygen atoms in total. The molecule has 0 atom stereocenters. The number of aliphatic imine (C=N–C) groups is 1. The maximum Gasteiger partial charge on any atom is 0.191 e. The van der Waals surface area contributed by atoms with E-state index in [1.807, 2.05) is 16.9 Å². The summed E-state index contributed by atoms with van der Waals surface area (Å²) in [5, 5.41) is 11.0. The number of nitrogens with zero attached hydrogens (tertiary/aromatic N) is 3. The van der Waals surface area contributed by atoms with Gasteiger partial charge < -0.3 is 15.4 Å². The van der Waals surface area contributed by atoms with E-state index in [1.165, 1.54) is 11.1 Å². The fourth-order valence-electron chi connectivity index (χ4n) is 2.70. The van der Waals surface area contributed by atoms with Gasteiger partial charge in [-0.1, -0.05) is 24.3 Å². The van der Waals surface area contributed by atoms with Gasteiger partial charge in [0.05, 0.1) is 13.1 Å². The van der Waals surface area contributed by atoms with E-state index in [9.17, 15) is 0 Å². The summed E-state index contributed by atoms with van der Waals surface area (Å²) in [7, 11) is 1.75. The summed E-state index contributed by atoms with van der Waals surface area (Å²) in [6, 6.07) is 10.4. The average molecular weight is 485 g/mol. The van der Waals surface area contributed by atoms with Gasteiger partial charge in [-0.2, -0.15) is 5.10 Å². The van der Waals surface area contributed by atoms with Crippen LogP contribution in [0.25, 0.3) is 0 Å². The Morgan fingerprint density at radius 1 is 1.11 bits per heavy atom. The minimum atomic E-state index is 0. The molecule has 7 heteroatoms. The van der Waals surface area contributed by atoms with Gasteiger partial charge in [0.25, 0.3) is 0 Å². The molecule has 0 unspecified atom stereocenters. The van der Waals surface area contributed by atoms with E-state index in [1.54, 1.807) is 13.3 Å². The topological polar surface area (TPSA) is 63.5 Å². The summed E-state index contributed by atoms with van der Waals surface area (Å²) in [5.41, 5.74) is 2.47. The van der Waals surface area contributed by atoms with Crippen LogP contribution in [0.2, 0.25) is 0 Å². The van der Waals surface area contributed by atoms with Gasteiger partial charge in [0.1, 0.15) is 0 Å². The maximum atomic E-state index is 5.08. The van der Waals surface area contributed by atoms with Crippen molar-refractivity contribution in [3.05, 3.63) is 53.9 Å². The first kappa shape index (κ1) is 23.4. The molecule has 0 saturated carbocycles. The Morgan fingerprint density at radius 2 is 1.93 bits per heavy atom. The summed E-state index contributed by atoms with van der Waals surface area (Å²) in [4.78, 5) is 4.75. The van der Waals surface area contributed by atoms with Gasteiger partial charge >= 0.3 is 0 Å².